The minimum atomic E-state index is 0.674. The molecule has 0 amide bonds. The summed E-state index contributed by atoms with van der Waals surface area (Å²) in [5.41, 5.74) is 8.17. The minimum Gasteiger partial charge on any atom is -0.131 e. The fraction of sp³-hybridized carbons (Fsp3) is 0.333. The van der Waals surface area contributed by atoms with Gasteiger partial charge in [-0.3, -0.25) is 0 Å². The maximum Gasteiger partial charge on any atom is 0.0923 e. The summed E-state index contributed by atoms with van der Waals surface area (Å²) in [4.78, 5) is 0. The molecule has 3 aromatic carbocycles. The lowest BCUT2D eigenvalue weighted by Gasteiger charge is -2.14. The van der Waals surface area contributed by atoms with Crippen molar-refractivity contribution in [3.8, 4) is 0 Å². The van der Waals surface area contributed by atoms with Gasteiger partial charge in [0, 0.05) is 0 Å². The van der Waals surface area contributed by atoms with Crippen molar-refractivity contribution in [3.05, 3.63) is 88.5 Å². The summed E-state index contributed by atoms with van der Waals surface area (Å²) in [6.07, 6.45) is 2.25. The van der Waals surface area contributed by atoms with E-state index in [4.69, 9.17) is 0 Å². The summed E-state index contributed by atoms with van der Waals surface area (Å²) >= 11 is 0. The van der Waals surface area contributed by atoms with Gasteiger partial charge in [-0.05, 0) is 103 Å². The highest BCUT2D eigenvalue weighted by molar-refractivity contribution is 5.54. The van der Waals surface area contributed by atoms with Gasteiger partial charge in [0.05, 0.1) is 17.1 Å². The standard InChI is InChI=1S/C27H33N5/c1-7-19(2)16-24-12-14-25(15-13-24)28-30-32(27-18-21(4)9-11-23(27)6)31-29-26-17-20(3)8-10-22(26)5/h8-15,17-19H,7,16H2,1-6H3. The average Bonchev–Trinajstić information content (AvgIpc) is 2.78. The zero-order valence-electron chi connectivity index (χ0n) is 20.0. The predicted molar refractivity (Wildman–Crippen MR) is 133 cm³/mol. The summed E-state index contributed by atoms with van der Waals surface area (Å²) in [5, 5.41) is 19.3. The lowest BCUT2D eigenvalue weighted by atomic mass is 9.99. The third-order valence-electron chi connectivity index (χ3n) is 5.64. The fourth-order valence-corrected chi connectivity index (χ4v) is 3.31. The molecule has 32 heavy (non-hydrogen) atoms. The molecule has 0 fully saturated rings. The van der Waals surface area contributed by atoms with Gasteiger partial charge in [-0.25, -0.2) is 0 Å². The number of hydrogen-bond acceptors (Lipinski definition) is 4. The molecule has 0 aliphatic heterocycles. The normalized spacial score (nSPS) is 12.6. The minimum absolute atomic E-state index is 0.674. The molecule has 0 saturated carbocycles. The summed E-state index contributed by atoms with van der Waals surface area (Å²) in [5.74, 6) is 0.674. The van der Waals surface area contributed by atoms with Crippen LogP contribution in [0.2, 0.25) is 0 Å². The fourth-order valence-electron chi connectivity index (χ4n) is 3.31. The first-order valence-electron chi connectivity index (χ1n) is 11.2. The molecule has 0 aliphatic rings. The van der Waals surface area contributed by atoms with Gasteiger partial charge in [0.1, 0.15) is 0 Å². The van der Waals surface area contributed by atoms with E-state index in [1.165, 1.54) is 17.1 Å². The van der Waals surface area contributed by atoms with Gasteiger partial charge in [0.15, 0.2) is 0 Å². The molecule has 3 rings (SSSR count). The maximum atomic E-state index is 4.48. The van der Waals surface area contributed by atoms with Gasteiger partial charge in [0.25, 0.3) is 0 Å². The lowest BCUT2D eigenvalue weighted by molar-refractivity contribution is 0.560. The molecule has 0 heterocycles. The van der Waals surface area contributed by atoms with Crippen LogP contribution in [0.3, 0.4) is 0 Å². The number of rotatable bonds is 8. The van der Waals surface area contributed by atoms with E-state index in [0.29, 0.717) is 5.92 Å². The summed E-state index contributed by atoms with van der Waals surface area (Å²) in [6.45, 7) is 12.7. The van der Waals surface area contributed by atoms with E-state index >= 15 is 0 Å². The SMILES string of the molecule is CCC(C)Cc1ccc(N=NN(N=Nc2cc(C)ccc2C)c2cc(C)ccc2C)cc1. The molecule has 0 N–H and O–H groups in total. The molecule has 3 aromatic rings. The summed E-state index contributed by atoms with van der Waals surface area (Å²) in [6, 6.07) is 20.6. The molecule has 0 spiro atoms. The van der Waals surface area contributed by atoms with Crippen LogP contribution in [-0.2, 0) is 6.42 Å². The van der Waals surface area contributed by atoms with Crippen LogP contribution >= 0.6 is 0 Å². The lowest BCUT2D eigenvalue weighted by Crippen LogP contribution is -2.08. The Morgan fingerprint density at radius 1 is 0.750 bits per heavy atom. The Morgan fingerprint density at radius 3 is 2.06 bits per heavy atom. The molecular formula is C27H33N5. The zero-order valence-corrected chi connectivity index (χ0v) is 20.0. The van der Waals surface area contributed by atoms with Crippen LogP contribution in [0.1, 0.15) is 48.1 Å². The molecule has 0 aliphatic carbocycles. The van der Waals surface area contributed by atoms with E-state index in [-0.39, 0.29) is 0 Å². The van der Waals surface area contributed by atoms with E-state index < -0.39 is 0 Å². The average molecular weight is 428 g/mol. The van der Waals surface area contributed by atoms with Crippen molar-refractivity contribution >= 4 is 17.1 Å². The van der Waals surface area contributed by atoms with Gasteiger partial charge in [-0.1, -0.05) is 56.7 Å². The second-order valence-corrected chi connectivity index (χ2v) is 8.63. The second-order valence-electron chi connectivity index (χ2n) is 8.63. The third-order valence-corrected chi connectivity index (χ3v) is 5.64. The van der Waals surface area contributed by atoms with Crippen LogP contribution in [0.15, 0.2) is 81.3 Å². The Hall–Kier alpha value is -3.34. The highest BCUT2D eigenvalue weighted by Gasteiger charge is 2.10. The van der Waals surface area contributed by atoms with E-state index in [9.17, 15) is 0 Å². The van der Waals surface area contributed by atoms with Crippen LogP contribution in [-0.4, -0.2) is 0 Å². The molecule has 5 heteroatoms. The topological polar surface area (TPSA) is 52.7 Å². The third kappa shape index (κ3) is 6.33. The highest BCUT2D eigenvalue weighted by Crippen LogP contribution is 2.27. The van der Waals surface area contributed by atoms with Gasteiger partial charge < -0.3 is 0 Å². The molecule has 5 nitrogen and oxygen atoms in total. The highest BCUT2D eigenvalue weighted by atomic mass is 15.7. The van der Waals surface area contributed by atoms with Crippen LogP contribution in [0, 0.1) is 33.6 Å². The molecule has 0 aromatic heterocycles. The van der Waals surface area contributed by atoms with Crippen molar-refractivity contribution in [1.29, 1.82) is 0 Å². The Labute approximate surface area is 191 Å². The summed E-state index contributed by atoms with van der Waals surface area (Å²) in [7, 11) is 0. The smallest absolute Gasteiger partial charge is 0.0923 e. The van der Waals surface area contributed by atoms with Gasteiger partial charge in [-0.15, -0.1) is 15.3 Å². The van der Waals surface area contributed by atoms with Crippen molar-refractivity contribution in [3.63, 3.8) is 0 Å². The largest absolute Gasteiger partial charge is 0.131 e. The van der Waals surface area contributed by atoms with Crippen molar-refractivity contribution < 1.29 is 0 Å². The maximum absolute atomic E-state index is 4.48. The number of hydrogen-bond donors (Lipinski definition) is 0. The first-order valence-corrected chi connectivity index (χ1v) is 11.2. The number of anilines is 1. The molecule has 0 radical (unpaired) electrons. The molecule has 0 saturated heterocycles. The van der Waals surface area contributed by atoms with E-state index in [0.717, 1.165) is 45.7 Å². The number of benzene rings is 3. The first kappa shape index (κ1) is 23.3. The molecule has 1 atom stereocenters. The van der Waals surface area contributed by atoms with Crippen molar-refractivity contribution in [1.82, 2.24) is 0 Å². The second kappa shape index (κ2) is 10.8. The van der Waals surface area contributed by atoms with Gasteiger partial charge in [-0.2, -0.15) is 0 Å². The van der Waals surface area contributed by atoms with Crippen LogP contribution in [0.4, 0.5) is 17.1 Å². The van der Waals surface area contributed by atoms with Crippen LogP contribution in [0.25, 0.3) is 0 Å². The Kier molecular flexibility index (Phi) is 7.87. The van der Waals surface area contributed by atoms with Crippen molar-refractivity contribution in [2.75, 3.05) is 5.12 Å². The molecule has 0 bridgehead atoms. The Bertz CT molecular complexity index is 1100. The van der Waals surface area contributed by atoms with Crippen LogP contribution < -0.4 is 5.12 Å². The van der Waals surface area contributed by atoms with Crippen molar-refractivity contribution in [2.45, 2.75) is 54.4 Å². The molecule has 1 unspecified atom stereocenters. The van der Waals surface area contributed by atoms with Gasteiger partial charge >= 0.3 is 0 Å². The monoisotopic (exact) mass is 427 g/mol. The van der Waals surface area contributed by atoms with Crippen LogP contribution in [0.5, 0.6) is 0 Å². The quantitative estimate of drug-likeness (QED) is 0.262. The first-order chi connectivity index (χ1) is 15.4. The number of aryl methyl sites for hydroxylation is 4. The summed E-state index contributed by atoms with van der Waals surface area (Å²) < 4.78 is 0. The van der Waals surface area contributed by atoms with E-state index in [1.807, 2.05) is 45.0 Å². The van der Waals surface area contributed by atoms with E-state index in [2.05, 4.69) is 77.8 Å². The number of nitrogens with zero attached hydrogens (tertiary/aromatic N) is 5. The molecular weight excluding hydrogens is 394 g/mol. The zero-order chi connectivity index (χ0) is 23.1. The Morgan fingerprint density at radius 2 is 1.38 bits per heavy atom. The van der Waals surface area contributed by atoms with Gasteiger partial charge in [0.2, 0.25) is 0 Å². The predicted octanol–water partition coefficient (Wildman–Crippen LogP) is 8.71. The van der Waals surface area contributed by atoms with Crippen molar-refractivity contribution in [2.24, 2.45) is 26.6 Å². The Balaban J connectivity index is 1.89. The molecule has 166 valence electrons. The van der Waals surface area contributed by atoms with E-state index in [1.54, 1.807) is 0 Å².